The predicted octanol–water partition coefficient (Wildman–Crippen LogP) is 4.70. The zero-order chi connectivity index (χ0) is 25.0. The molecule has 0 bridgehead atoms. The van der Waals surface area contributed by atoms with E-state index in [4.69, 9.17) is 5.10 Å². The van der Waals surface area contributed by atoms with Gasteiger partial charge in [0.2, 0.25) is 0 Å². The summed E-state index contributed by atoms with van der Waals surface area (Å²) in [5, 5.41) is 7.34. The molecule has 0 saturated heterocycles. The van der Waals surface area contributed by atoms with Gasteiger partial charge in [-0.05, 0) is 62.6 Å². The summed E-state index contributed by atoms with van der Waals surface area (Å²) in [7, 11) is -3.91. The minimum Gasteiger partial charge on any atom is -0.337 e. The van der Waals surface area contributed by atoms with Crippen molar-refractivity contribution >= 4 is 16.1 Å². The zero-order valence-corrected chi connectivity index (χ0v) is 20.8. The number of nitrogens with one attached hydrogen (secondary N) is 2. The lowest BCUT2D eigenvalue weighted by molar-refractivity contribution is 0.246. The van der Waals surface area contributed by atoms with E-state index in [-0.39, 0.29) is 4.90 Å². The van der Waals surface area contributed by atoms with E-state index in [1.165, 1.54) is 12.1 Å². The van der Waals surface area contributed by atoms with E-state index >= 15 is 0 Å². The molecule has 0 unspecified atom stereocenters. The summed E-state index contributed by atoms with van der Waals surface area (Å²) in [6.07, 6.45) is 0.560. The van der Waals surface area contributed by atoms with Gasteiger partial charge < -0.3 is 5.32 Å². The molecule has 2 N–H and O–H groups in total. The summed E-state index contributed by atoms with van der Waals surface area (Å²) in [6.45, 7) is 6.23. The number of rotatable bonds is 7. The average Bonchev–Trinajstić information content (AvgIpc) is 3.13. The molecule has 3 aromatic carbocycles. The number of hydrogen-bond acceptors (Lipinski definition) is 4. The van der Waals surface area contributed by atoms with Crippen molar-refractivity contribution in [1.82, 2.24) is 19.8 Å². The first-order valence-electron chi connectivity index (χ1n) is 11.3. The Kier molecular flexibility index (Phi) is 7.02. The van der Waals surface area contributed by atoms with Crippen LogP contribution >= 0.6 is 0 Å². The van der Waals surface area contributed by atoms with Gasteiger partial charge in [-0.3, -0.25) is 0 Å². The van der Waals surface area contributed by atoms with Gasteiger partial charge in [0.25, 0.3) is 10.0 Å². The third kappa shape index (κ3) is 5.60. The monoisotopic (exact) mass is 488 g/mol. The van der Waals surface area contributed by atoms with Crippen LogP contribution in [0.3, 0.4) is 0 Å². The van der Waals surface area contributed by atoms with Gasteiger partial charge in [-0.2, -0.15) is 5.10 Å². The molecular formula is C27H28N4O3S. The topological polar surface area (TPSA) is 93.1 Å². The molecule has 1 aromatic heterocycles. The van der Waals surface area contributed by atoms with Crippen molar-refractivity contribution in [3.63, 3.8) is 0 Å². The number of carbonyl (C=O) groups is 1. The molecule has 0 fully saturated rings. The van der Waals surface area contributed by atoms with E-state index in [1.54, 1.807) is 12.1 Å². The van der Waals surface area contributed by atoms with E-state index < -0.39 is 16.1 Å². The SMILES string of the molecule is Cc1ccc(S(=O)(=O)NC(=O)NCCc2ccc(-n3nc(C)c(-c4ccccc4)c3C)cc2)cc1. The van der Waals surface area contributed by atoms with Crippen molar-refractivity contribution in [3.8, 4) is 16.8 Å². The second kappa shape index (κ2) is 10.1. The first-order valence-corrected chi connectivity index (χ1v) is 12.8. The highest BCUT2D eigenvalue weighted by atomic mass is 32.2. The second-order valence-electron chi connectivity index (χ2n) is 8.41. The number of aromatic nitrogens is 2. The molecular weight excluding hydrogens is 460 g/mol. The van der Waals surface area contributed by atoms with Crippen molar-refractivity contribution < 1.29 is 13.2 Å². The summed E-state index contributed by atoms with van der Waals surface area (Å²) < 4.78 is 28.6. The summed E-state index contributed by atoms with van der Waals surface area (Å²) >= 11 is 0. The molecule has 8 heteroatoms. The van der Waals surface area contributed by atoms with Crippen LogP contribution in [0.15, 0.2) is 83.8 Å². The molecule has 0 aliphatic heterocycles. The number of benzene rings is 3. The van der Waals surface area contributed by atoms with Crippen LogP contribution in [0.5, 0.6) is 0 Å². The third-order valence-corrected chi connectivity index (χ3v) is 7.14. The predicted molar refractivity (Wildman–Crippen MR) is 137 cm³/mol. The van der Waals surface area contributed by atoms with Gasteiger partial charge in [0.1, 0.15) is 0 Å². The van der Waals surface area contributed by atoms with Crippen LogP contribution < -0.4 is 10.0 Å². The Morgan fingerprint density at radius 2 is 1.54 bits per heavy atom. The van der Waals surface area contributed by atoms with E-state index in [9.17, 15) is 13.2 Å². The van der Waals surface area contributed by atoms with Gasteiger partial charge in [0.15, 0.2) is 0 Å². The van der Waals surface area contributed by atoms with Crippen LogP contribution in [0.4, 0.5) is 4.79 Å². The molecule has 4 rings (SSSR count). The molecule has 180 valence electrons. The molecule has 35 heavy (non-hydrogen) atoms. The maximum atomic E-state index is 12.3. The third-order valence-electron chi connectivity index (χ3n) is 5.79. The molecule has 0 aliphatic rings. The van der Waals surface area contributed by atoms with Gasteiger partial charge in [-0.25, -0.2) is 22.6 Å². The van der Waals surface area contributed by atoms with Crippen molar-refractivity contribution in [3.05, 3.63) is 101 Å². The Morgan fingerprint density at radius 1 is 0.886 bits per heavy atom. The van der Waals surface area contributed by atoms with E-state index in [2.05, 4.69) is 24.4 Å². The van der Waals surface area contributed by atoms with Crippen molar-refractivity contribution in [2.45, 2.75) is 32.1 Å². The second-order valence-corrected chi connectivity index (χ2v) is 10.1. The summed E-state index contributed by atoms with van der Waals surface area (Å²) in [6, 6.07) is 23.7. The quantitative estimate of drug-likeness (QED) is 0.395. The van der Waals surface area contributed by atoms with Crippen LogP contribution in [-0.4, -0.2) is 30.8 Å². The highest BCUT2D eigenvalue weighted by Gasteiger charge is 2.17. The van der Waals surface area contributed by atoms with Gasteiger partial charge in [0.05, 0.1) is 16.3 Å². The highest BCUT2D eigenvalue weighted by molar-refractivity contribution is 7.90. The maximum absolute atomic E-state index is 12.3. The fourth-order valence-corrected chi connectivity index (χ4v) is 4.90. The highest BCUT2D eigenvalue weighted by Crippen LogP contribution is 2.28. The number of carbonyl (C=O) groups excluding carboxylic acids is 1. The number of urea groups is 1. The lowest BCUT2D eigenvalue weighted by Gasteiger charge is -2.10. The fourth-order valence-electron chi connectivity index (χ4n) is 3.98. The summed E-state index contributed by atoms with van der Waals surface area (Å²) in [5.41, 5.74) is 7.20. The zero-order valence-electron chi connectivity index (χ0n) is 19.9. The Hall–Kier alpha value is -3.91. The molecule has 0 spiro atoms. The standard InChI is InChI=1S/C27H28N4O3S/c1-19-9-15-25(16-10-19)35(33,34)30-27(32)28-18-17-22-11-13-24(14-12-22)31-21(3)26(20(2)29-31)23-7-5-4-6-8-23/h4-16H,17-18H2,1-3H3,(H2,28,30,32). The molecule has 0 radical (unpaired) electrons. The Bertz CT molecular complexity index is 1430. The summed E-state index contributed by atoms with van der Waals surface area (Å²) in [5.74, 6) is 0. The molecule has 2 amide bonds. The fraction of sp³-hybridized carbons (Fsp3) is 0.185. The van der Waals surface area contributed by atoms with Gasteiger partial charge in [-0.15, -0.1) is 0 Å². The minimum atomic E-state index is -3.91. The minimum absolute atomic E-state index is 0.0495. The van der Waals surface area contributed by atoms with Gasteiger partial charge in [0, 0.05) is 17.8 Å². The molecule has 0 aliphatic carbocycles. The number of nitrogens with zero attached hydrogens (tertiary/aromatic N) is 2. The van der Waals surface area contributed by atoms with E-state index in [1.807, 2.05) is 65.7 Å². The van der Waals surface area contributed by atoms with Crippen molar-refractivity contribution in [2.24, 2.45) is 0 Å². The summed E-state index contributed by atoms with van der Waals surface area (Å²) in [4.78, 5) is 12.2. The molecule has 7 nitrogen and oxygen atoms in total. The van der Waals surface area contributed by atoms with Crippen LogP contribution in [0, 0.1) is 20.8 Å². The number of sulfonamides is 1. The average molecular weight is 489 g/mol. The Labute approximate surface area is 205 Å². The first kappa shape index (κ1) is 24.2. The van der Waals surface area contributed by atoms with Crippen LogP contribution in [0.25, 0.3) is 16.8 Å². The van der Waals surface area contributed by atoms with E-state index in [0.717, 1.165) is 39.3 Å². The van der Waals surface area contributed by atoms with Crippen LogP contribution in [0.2, 0.25) is 0 Å². The largest absolute Gasteiger partial charge is 0.337 e. The normalized spacial score (nSPS) is 11.3. The maximum Gasteiger partial charge on any atom is 0.328 e. The van der Waals surface area contributed by atoms with Crippen LogP contribution in [-0.2, 0) is 16.4 Å². The Morgan fingerprint density at radius 3 is 2.20 bits per heavy atom. The number of amides is 2. The Balaban J connectivity index is 1.36. The first-order chi connectivity index (χ1) is 16.7. The lowest BCUT2D eigenvalue weighted by atomic mass is 10.0. The molecule has 0 saturated carbocycles. The number of aryl methyl sites for hydroxylation is 2. The smallest absolute Gasteiger partial charge is 0.328 e. The van der Waals surface area contributed by atoms with Crippen molar-refractivity contribution in [2.75, 3.05) is 6.54 Å². The van der Waals surface area contributed by atoms with Gasteiger partial charge >= 0.3 is 6.03 Å². The molecule has 1 heterocycles. The van der Waals surface area contributed by atoms with Crippen LogP contribution in [0.1, 0.15) is 22.5 Å². The lowest BCUT2D eigenvalue weighted by Crippen LogP contribution is -2.40. The number of hydrogen-bond donors (Lipinski definition) is 2. The van der Waals surface area contributed by atoms with Crippen molar-refractivity contribution in [1.29, 1.82) is 0 Å². The molecule has 4 aromatic rings. The van der Waals surface area contributed by atoms with Gasteiger partial charge in [-0.1, -0.05) is 60.2 Å². The van der Waals surface area contributed by atoms with E-state index in [0.29, 0.717) is 13.0 Å². The molecule has 0 atom stereocenters.